The van der Waals surface area contributed by atoms with Crippen LogP contribution in [0, 0.1) is 50.9 Å². The zero-order valence-electron chi connectivity index (χ0n) is 6.44. The van der Waals surface area contributed by atoms with Gasteiger partial charge < -0.3 is 19.2 Å². The van der Waals surface area contributed by atoms with E-state index < -0.39 is 0 Å². The van der Waals surface area contributed by atoms with Gasteiger partial charge in [-0.15, -0.1) is 6.04 Å². The van der Waals surface area contributed by atoms with Crippen LogP contribution in [-0.2, 0) is 0 Å². The second kappa shape index (κ2) is 5.77. The summed E-state index contributed by atoms with van der Waals surface area (Å²) in [7, 11) is 0. The SMILES string of the molecule is CCNC1[CH-][C@@H]1C.[CH3-].[U+2]. The molecule has 0 aromatic heterocycles. The van der Waals surface area contributed by atoms with Crippen LogP contribution in [0.3, 0.4) is 0 Å². The Morgan fingerprint density at radius 1 is 1.56 bits per heavy atom. The smallest absolute Gasteiger partial charge is 0.358 e. The molecule has 52 valence electrons. The van der Waals surface area contributed by atoms with Crippen LogP contribution in [0.15, 0.2) is 0 Å². The average Bonchev–Trinajstić information content (AvgIpc) is 2.22. The molecule has 0 amide bonds. The van der Waals surface area contributed by atoms with E-state index in [4.69, 9.17) is 0 Å². The third kappa shape index (κ3) is 4.42. The third-order valence-electron chi connectivity index (χ3n) is 1.38. The molecular weight excluding hydrogens is 336 g/mol. The van der Waals surface area contributed by atoms with E-state index in [1.165, 1.54) is 0 Å². The molecule has 0 bridgehead atoms. The van der Waals surface area contributed by atoms with Crippen LogP contribution in [0.25, 0.3) is 0 Å². The topological polar surface area (TPSA) is 12.0 Å². The maximum atomic E-state index is 3.31. The molecule has 1 aliphatic carbocycles. The molecular formula is C7H15NU. The predicted molar refractivity (Wildman–Crippen MR) is 37.3 cm³/mol. The molecule has 1 nitrogen and oxygen atoms in total. The van der Waals surface area contributed by atoms with Crippen molar-refractivity contribution in [3.8, 4) is 0 Å². The van der Waals surface area contributed by atoms with Crippen LogP contribution in [0.1, 0.15) is 13.8 Å². The Morgan fingerprint density at radius 3 is 2.11 bits per heavy atom. The summed E-state index contributed by atoms with van der Waals surface area (Å²) in [6.07, 6.45) is 2.31. The van der Waals surface area contributed by atoms with Crippen LogP contribution in [0.2, 0.25) is 0 Å². The summed E-state index contributed by atoms with van der Waals surface area (Å²) in [4.78, 5) is 0. The Labute approximate surface area is 82.4 Å². The van der Waals surface area contributed by atoms with E-state index in [9.17, 15) is 0 Å². The first-order chi connectivity index (χ1) is 3.34. The molecule has 2 heteroatoms. The Morgan fingerprint density at radius 2 is 2.00 bits per heavy atom. The van der Waals surface area contributed by atoms with Gasteiger partial charge in [-0.25, -0.2) is 0 Å². The van der Waals surface area contributed by atoms with E-state index in [1.807, 2.05) is 0 Å². The Bertz CT molecular complexity index is 65.9. The standard InChI is InChI=1S/C6H12N.CH3.U/c1-3-7-6-4-5(6)2;;/h4-7H,3H2,1-2H3;1H3;/q2*-1;+2/t5-,6?;;/m0../s1. The second-order valence-electron chi connectivity index (χ2n) is 2.14. The minimum atomic E-state index is 0. The van der Waals surface area contributed by atoms with Crippen molar-refractivity contribution in [1.29, 1.82) is 0 Å². The van der Waals surface area contributed by atoms with Crippen molar-refractivity contribution in [3.63, 3.8) is 0 Å². The first-order valence-corrected chi connectivity index (χ1v) is 2.93. The van der Waals surface area contributed by atoms with Crippen LogP contribution in [0.5, 0.6) is 0 Å². The van der Waals surface area contributed by atoms with E-state index in [1.54, 1.807) is 0 Å². The minimum absolute atomic E-state index is 0. The van der Waals surface area contributed by atoms with Crippen molar-refractivity contribution in [3.05, 3.63) is 13.8 Å². The monoisotopic (exact) mass is 351 g/mol. The van der Waals surface area contributed by atoms with E-state index in [0.29, 0.717) is 0 Å². The summed E-state index contributed by atoms with van der Waals surface area (Å²) in [6, 6.07) is 0.741. The molecule has 1 unspecified atom stereocenters. The molecule has 0 radical (unpaired) electrons. The number of nitrogens with one attached hydrogen (secondary N) is 1. The first kappa shape index (κ1) is 12.7. The summed E-state index contributed by atoms with van der Waals surface area (Å²) >= 11 is 0. The maximum Gasteiger partial charge on any atom is 2.00 e. The fourth-order valence-corrected chi connectivity index (χ4v) is 0.753. The normalized spacial score (nSPS) is 30.0. The molecule has 0 aromatic carbocycles. The van der Waals surface area contributed by atoms with Gasteiger partial charge in [0.15, 0.2) is 0 Å². The molecule has 0 heterocycles. The molecule has 0 aliphatic heterocycles. The molecule has 0 aromatic rings. The first-order valence-electron chi connectivity index (χ1n) is 2.93. The van der Waals surface area contributed by atoms with Gasteiger partial charge in [0.05, 0.1) is 0 Å². The fourth-order valence-electron chi connectivity index (χ4n) is 0.753. The van der Waals surface area contributed by atoms with Gasteiger partial charge >= 0.3 is 31.1 Å². The van der Waals surface area contributed by atoms with E-state index in [-0.39, 0.29) is 38.5 Å². The number of hydrogen-bond donors (Lipinski definition) is 1. The summed E-state index contributed by atoms with van der Waals surface area (Å²) in [5, 5.41) is 3.31. The summed E-state index contributed by atoms with van der Waals surface area (Å²) in [5.41, 5.74) is 0. The molecule has 1 fully saturated rings. The van der Waals surface area contributed by atoms with Crippen LogP contribution >= 0.6 is 0 Å². The third-order valence-corrected chi connectivity index (χ3v) is 1.38. The molecule has 0 spiro atoms. The second-order valence-corrected chi connectivity index (χ2v) is 2.14. The van der Waals surface area contributed by atoms with Crippen molar-refractivity contribution < 1.29 is 31.1 Å². The summed E-state index contributed by atoms with van der Waals surface area (Å²) in [6.45, 7) is 5.47. The summed E-state index contributed by atoms with van der Waals surface area (Å²) in [5.74, 6) is 0.833. The van der Waals surface area contributed by atoms with Gasteiger partial charge in [-0.1, -0.05) is 13.8 Å². The number of rotatable bonds is 2. The molecule has 2 atom stereocenters. The minimum Gasteiger partial charge on any atom is -0.358 e. The molecule has 1 rings (SSSR count). The molecule has 0 saturated heterocycles. The van der Waals surface area contributed by atoms with E-state index in [0.717, 1.165) is 18.5 Å². The fraction of sp³-hybridized carbons (Fsp3) is 0.714. The zero-order valence-corrected chi connectivity index (χ0v) is 10.6. The molecule has 1 saturated carbocycles. The van der Waals surface area contributed by atoms with E-state index in [2.05, 4.69) is 25.6 Å². The zero-order chi connectivity index (χ0) is 5.28. The van der Waals surface area contributed by atoms with E-state index >= 15 is 0 Å². The Hall–Kier alpha value is 1.01. The van der Waals surface area contributed by atoms with Gasteiger partial charge in [-0.05, 0) is 6.54 Å². The van der Waals surface area contributed by atoms with Crippen LogP contribution in [-0.4, -0.2) is 12.6 Å². The largest absolute Gasteiger partial charge is 2.00 e. The van der Waals surface area contributed by atoms with Gasteiger partial charge in [-0.2, -0.15) is 5.92 Å². The average molecular weight is 351 g/mol. The number of hydrogen-bond acceptors (Lipinski definition) is 1. The molecule has 1 aliphatic rings. The van der Waals surface area contributed by atoms with Gasteiger partial charge in [0, 0.05) is 0 Å². The van der Waals surface area contributed by atoms with Crippen LogP contribution in [0.4, 0.5) is 0 Å². The van der Waals surface area contributed by atoms with Crippen molar-refractivity contribution in [2.75, 3.05) is 6.54 Å². The van der Waals surface area contributed by atoms with Crippen molar-refractivity contribution >= 4 is 0 Å². The van der Waals surface area contributed by atoms with Gasteiger partial charge in [0.2, 0.25) is 0 Å². The van der Waals surface area contributed by atoms with Crippen molar-refractivity contribution in [1.82, 2.24) is 5.32 Å². The van der Waals surface area contributed by atoms with Crippen LogP contribution < -0.4 is 5.32 Å². The Balaban J connectivity index is 0. The quantitative estimate of drug-likeness (QED) is 0.739. The Kier molecular flexibility index (Phi) is 8.12. The van der Waals surface area contributed by atoms with Crippen molar-refractivity contribution in [2.45, 2.75) is 19.9 Å². The van der Waals surface area contributed by atoms with Gasteiger partial charge in [0.25, 0.3) is 0 Å². The molecule has 9 heavy (non-hydrogen) atoms. The maximum absolute atomic E-state index is 3.31. The van der Waals surface area contributed by atoms with Gasteiger partial charge in [-0.3, -0.25) is 0 Å². The molecule has 1 N–H and O–H groups in total. The van der Waals surface area contributed by atoms with Gasteiger partial charge in [0.1, 0.15) is 0 Å². The predicted octanol–water partition coefficient (Wildman–Crippen LogP) is 1.27. The van der Waals surface area contributed by atoms with Crippen molar-refractivity contribution in [2.24, 2.45) is 5.92 Å². The summed E-state index contributed by atoms with van der Waals surface area (Å²) < 4.78 is 0.